The number of hydrogen-bond acceptors (Lipinski definition) is 2. The Kier molecular flexibility index (Phi) is 7.49. The molecule has 1 unspecified atom stereocenters. The number of hydrogen-bond donors (Lipinski definition) is 2. The second kappa shape index (κ2) is 7.81. The predicted molar refractivity (Wildman–Crippen MR) is 83.0 cm³/mol. The second-order valence-electron chi connectivity index (χ2n) is 5.42. The van der Waals surface area contributed by atoms with Gasteiger partial charge < -0.3 is 11.1 Å². The van der Waals surface area contributed by atoms with Crippen LogP contribution >= 0.6 is 24.0 Å². The van der Waals surface area contributed by atoms with Gasteiger partial charge in [-0.2, -0.15) is 0 Å². The lowest BCUT2D eigenvalue weighted by Gasteiger charge is -2.31. The molecule has 0 saturated heterocycles. The van der Waals surface area contributed by atoms with Gasteiger partial charge in [-0.25, -0.2) is 4.39 Å². The van der Waals surface area contributed by atoms with Crippen LogP contribution in [0.2, 0.25) is 5.02 Å². The molecule has 0 radical (unpaired) electrons. The van der Waals surface area contributed by atoms with Gasteiger partial charge in [-0.1, -0.05) is 31.5 Å². The number of nitrogens with one attached hydrogen (secondary N) is 1. The molecule has 1 atom stereocenters. The van der Waals surface area contributed by atoms with E-state index in [2.05, 4.69) is 19.2 Å². The molecular weight excluding hydrogens is 302 g/mol. The lowest BCUT2D eigenvalue weighted by Crippen LogP contribution is -2.52. The molecule has 114 valence electrons. The third-order valence-corrected chi connectivity index (χ3v) is 3.30. The zero-order valence-corrected chi connectivity index (χ0v) is 13.4. The molecule has 6 heteroatoms. The number of amides is 1. The first-order chi connectivity index (χ1) is 8.79. The van der Waals surface area contributed by atoms with Gasteiger partial charge in [0, 0.05) is 12.1 Å². The Balaban J connectivity index is 0.00000361. The largest absolute Gasteiger partial charge is 0.346 e. The molecule has 0 bridgehead atoms. The first-order valence-electron chi connectivity index (χ1n) is 6.25. The molecular formula is C14H21Cl2FN2O. The van der Waals surface area contributed by atoms with E-state index < -0.39 is 17.3 Å². The molecule has 1 amide bonds. The van der Waals surface area contributed by atoms with Gasteiger partial charge in [0.1, 0.15) is 5.82 Å². The minimum absolute atomic E-state index is 0. The van der Waals surface area contributed by atoms with Gasteiger partial charge in [0.05, 0.1) is 10.6 Å². The zero-order valence-electron chi connectivity index (χ0n) is 11.9. The van der Waals surface area contributed by atoms with Crippen LogP contribution in [-0.2, 0) is 0 Å². The van der Waals surface area contributed by atoms with E-state index in [0.717, 1.165) is 6.42 Å². The van der Waals surface area contributed by atoms with Crippen LogP contribution in [0.3, 0.4) is 0 Å². The number of carbonyl (C=O) groups excluding carboxylic acids is 1. The normalized spacial score (nSPS) is 13.6. The van der Waals surface area contributed by atoms with Crippen LogP contribution < -0.4 is 11.1 Å². The Morgan fingerprint density at radius 1 is 1.50 bits per heavy atom. The maximum atomic E-state index is 13.3. The van der Waals surface area contributed by atoms with Crippen LogP contribution in [0.15, 0.2) is 18.2 Å². The Hall–Kier alpha value is -0.840. The molecule has 1 aromatic rings. The summed E-state index contributed by atoms with van der Waals surface area (Å²) in [4.78, 5) is 12.2. The molecule has 1 rings (SSSR count). The molecule has 0 spiro atoms. The summed E-state index contributed by atoms with van der Waals surface area (Å²) in [5.41, 5.74) is 5.33. The van der Waals surface area contributed by atoms with Crippen molar-refractivity contribution in [1.82, 2.24) is 5.32 Å². The van der Waals surface area contributed by atoms with Gasteiger partial charge in [0.15, 0.2) is 0 Å². The summed E-state index contributed by atoms with van der Waals surface area (Å²) in [6.45, 7) is 6.28. The van der Waals surface area contributed by atoms with Gasteiger partial charge >= 0.3 is 0 Å². The molecule has 0 fully saturated rings. The van der Waals surface area contributed by atoms with Crippen LogP contribution in [0.5, 0.6) is 0 Å². The summed E-state index contributed by atoms with van der Waals surface area (Å²) >= 11 is 5.80. The van der Waals surface area contributed by atoms with Crippen molar-refractivity contribution in [3.63, 3.8) is 0 Å². The van der Waals surface area contributed by atoms with Crippen LogP contribution in [0.4, 0.5) is 4.39 Å². The third kappa shape index (κ3) is 4.93. The van der Waals surface area contributed by atoms with E-state index in [4.69, 9.17) is 17.3 Å². The molecule has 0 aliphatic heterocycles. The van der Waals surface area contributed by atoms with E-state index in [-0.39, 0.29) is 23.0 Å². The summed E-state index contributed by atoms with van der Waals surface area (Å²) in [5.74, 6) is -0.623. The maximum Gasteiger partial charge on any atom is 0.253 e. The molecule has 3 nitrogen and oxygen atoms in total. The Morgan fingerprint density at radius 2 is 2.10 bits per heavy atom. The fourth-order valence-electron chi connectivity index (χ4n) is 2.11. The van der Waals surface area contributed by atoms with Crippen molar-refractivity contribution in [2.75, 3.05) is 6.54 Å². The fraction of sp³-hybridized carbons (Fsp3) is 0.500. The summed E-state index contributed by atoms with van der Waals surface area (Å²) in [6, 6.07) is 4.17. The monoisotopic (exact) mass is 322 g/mol. The summed E-state index contributed by atoms with van der Waals surface area (Å²) in [6.07, 6.45) is 0.738. The van der Waals surface area contributed by atoms with Gasteiger partial charge in [-0.05, 0) is 31.4 Å². The van der Waals surface area contributed by atoms with Crippen molar-refractivity contribution in [2.45, 2.75) is 32.7 Å². The topological polar surface area (TPSA) is 55.1 Å². The highest BCUT2D eigenvalue weighted by Gasteiger charge is 2.27. The van der Waals surface area contributed by atoms with E-state index in [0.29, 0.717) is 12.5 Å². The van der Waals surface area contributed by atoms with E-state index >= 15 is 0 Å². The second-order valence-corrected chi connectivity index (χ2v) is 5.80. The minimum Gasteiger partial charge on any atom is -0.346 e. The van der Waals surface area contributed by atoms with Crippen molar-refractivity contribution in [2.24, 2.45) is 11.7 Å². The zero-order chi connectivity index (χ0) is 14.6. The molecule has 0 saturated carbocycles. The number of benzene rings is 1. The average molecular weight is 323 g/mol. The first-order valence-corrected chi connectivity index (χ1v) is 6.63. The van der Waals surface area contributed by atoms with E-state index in [1.54, 1.807) is 0 Å². The number of nitrogens with two attached hydrogens (primary N) is 1. The molecule has 3 N–H and O–H groups in total. The van der Waals surface area contributed by atoms with Crippen LogP contribution in [0.1, 0.15) is 37.6 Å². The van der Waals surface area contributed by atoms with Gasteiger partial charge in [-0.15, -0.1) is 12.4 Å². The fourth-order valence-corrected chi connectivity index (χ4v) is 2.32. The quantitative estimate of drug-likeness (QED) is 0.873. The average Bonchev–Trinajstić information content (AvgIpc) is 2.31. The Bertz CT molecular complexity index is 468. The maximum absolute atomic E-state index is 13.3. The van der Waals surface area contributed by atoms with E-state index in [1.807, 2.05) is 6.92 Å². The van der Waals surface area contributed by atoms with Crippen LogP contribution in [-0.4, -0.2) is 18.0 Å². The molecule has 1 aromatic carbocycles. The van der Waals surface area contributed by atoms with E-state index in [9.17, 15) is 9.18 Å². The van der Waals surface area contributed by atoms with E-state index in [1.165, 1.54) is 18.2 Å². The van der Waals surface area contributed by atoms with Crippen molar-refractivity contribution < 1.29 is 9.18 Å². The SMILES string of the molecule is CC(C)CC(C)(CN)NC(=O)c1cccc(F)c1Cl.Cl. The lowest BCUT2D eigenvalue weighted by molar-refractivity contribution is 0.0898. The minimum atomic E-state index is -0.604. The summed E-state index contributed by atoms with van der Waals surface area (Å²) in [7, 11) is 0. The van der Waals surface area contributed by atoms with Crippen molar-refractivity contribution >= 4 is 29.9 Å². The standard InChI is InChI=1S/C14H20ClFN2O.ClH/c1-9(2)7-14(3,8-17)18-13(19)10-5-4-6-11(16)12(10)15;/h4-6,9H,7-8,17H2,1-3H3,(H,18,19);1H. The molecule has 0 aromatic heterocycles. The van der Waals surface area contributed by atoms with Crippen LogP contribution in [0, 0.1) is 11.7 Å². The molecule has 0 heterocycles. The highest BCUT2D eigenvalue weighted by Crippen LogP contribution is 2.21. The van der Waals surface area contributed by atoms with Crippen molar-refractivity contribution in [1.29, 1.82) is 0 Å². The third-order valence-electron chi connectivity index (χ3n) is 2.92. The van der Waals surface area contributed by atoms with Gasteiger partial charge in [-0.3, -0.25) is 4.79 Å². The highest BCUT2D eigenvalue weighted by molar-refractivity contribution is 6.34. The highest BCUT2D eigenvalue weighted by atomic mass is 35.5. The first kappa shape index (κ1) is 19.2. The van der Waals surface area contributed by atoms with Crippen molar-refractivity contribution in [3.8, 4) is 0 Å². The predicted octanol–water partition coefficient (Wildman–Crippen LogP) is 3.39. The molecule has 0 aliphatic carbocycles. The molecule has 20 heavy (non-hydrogen) atoms. The summed E-state index contributed by atoms with van der Waals surface area (Å²) in [5, 5.41) is 2.68. The number of rotatable bonds is 5. The smallest absolute Gasteiger partial charge is 0.253 e. The lowest BCUT2D eigenvalue weighted by atomic mass is 9.90. The van der Waals surface area contributed by atoms with Gasteiger partial charge in [0.2, 0.25) is 0 Å². The molecule has 0 aliphatic rings. The van der Waals surface area contributed by atoms with Gasteiger partial charge in [0.25, 0.3) is 5.91 Å². The van der Waals surface area contributed by atoms with Crippen LogP contribution in [0.25, 0.3) is 0 Å². The van der Waals surface area contributed by atoms with Crippen molar-refractivity contribution in [3.05, 3.63) is 34.6 Å². The number of halogens is 3. The number of carbonyl (C=O) groups is 1. The Labute approximate surface area is 130 Å². The summed E-state index contributed by atoms with van der Waals surface area (Å²) < 4.78 is 13.3. The Morgan fingerprint density at radius 3 is 2.60 bits per heavy atom.